The van der Waals surface area contributed by atoms with Crippen LogP contribution >= 0.6 is 0 Å². The summed E-state index contributed by atoms with van der Waals surface area (Å²) >= 11 is 0. The van der Waals surface area contributed by atoms with E-state index in [0.717, 1.165) is 19.5 Å². The van der Waals surface area contributed by atoms with E-state index in [1.807, 2.05) is 20.8 Å². The molecule has 0 radical (unpaired) electrons. The largest absolute Gasteiger partial charge is 0.444 e. The van der Waals surface area contributed by atoms with E-state index in [1.165, 1.54) is 6.42 Å². The number of amides is 1. The van der Waals surface area contributed by atoms with Crippen LogP contribution in [0.4, 0.5) is 4.79 Å². The standard InChI is InChI=1S/C14H28N2O2/c1-13(2,3)18-12(17)16-9-7-11-6-8-15-10-14(11,4)5/h11,15H,6-10H2,1-5H3,(H,16,17). The average Bonchev–Trinajstić information content (AvgIpc) is 2.17. The van der Waals surface area contributed by atoms with Crippen LogP contribution in [0.3, 0.4) is 0 Å². The van der Waals surface area contributed by atoms with E-state index >= 15 is 0 Å². The highest BCUT2D eigenvalue weighted by Crippen LogP contribution is 2.33. The molecule has 1 aliphatic rings. The summed E-state index contributed by atoms with van der Waals surface area (Å²) in [6, 6.07) is 0. The minimum Gasteiger partial charge on any atom is -0.444 e. The molecule has 1 atom stereocenters. The second-order valence-corrected chi connectivity index (χ2v) is 6.87. The third-order valence-corrected chi connectivity index (χ3v) is 3.52. The summed E-state index contributed by atoms with van der Waals surface area (Å²) in [7, 11) is 0. The van der Waals surface area contributed by atoms with Crippen molar-refractivity contribution in [3.8, 4) is 0 Å². The van der Waals surface area contributed by atoms with Crippen LogP contribution < -0.4 is 10.6 Å². The lowest BCUT2D eigenvalue weighted by Gasteiger charge is -2.39. The number of hydrogen-bond acceptors (Lipinski definition) is 3. The molecule has 0 spiro atoms. The summed E-state index contributed by atoms with van der Waals surface area (Å²) in [6.45, 7) is 13.1. The highest BCUT2D eigenvalue weighted by atomic mass is 16.6. The van der Waals surface area contributed by atoms with E-state index in [1.54, 1.807) is 0 Å². The fraction of sp³-hybridized carbons (Fsp3) is 0.929. The predicted molar refractivity (Wildman–Crippen MR) is 73.6 cm³/mol. The molecule has 0 bridgehead atoms. The number of piperidine rings is 1. The minimum absolute atomic E-state index is 0.311. The van der Waals surface area contributed by atoms with Crippen LogP contribution in [0.2, 0.25) is 0 Å². The van der Waals surface area contributed by atoms with E-state index < -0.39 is 5.60 Å². The first-order valence-corrected chi connectivity index (χ1v) is 6.88. The monoisotopic (exact) mass is 256 g/mol. The molecule has 1 fully saturated rings. The maximum absolute atomic E-state index is 11.5. The molecule has 1 heterocycles. The molecule has 4 nitrogen and oxygen atoms in total. The smallest absolute Gasteiger partial charge is 0.407 e. The van der Waals surface area contributed by atoms with Gasteiger partial charge in [0.1, 0.15) is 5.60 Å². The van der Waals surface area contributed by atoms with Crippen molar-refractivity contribution in [1.29, 1.82) is 0 Å². The molecule has 106 valence electrons. The van der Waals surface area contributed by atoms with E-state index in [0.29, 0.717) is 17.9 Å². The van der Waals surface area contributed by atoms with Gasteiger partial charge in [0.2, 0.25) is 0 Å². The van der Waals surface area contributed by atoms with Crippen LogP contribution in [0.1, 0.15) is 47.5 Å². The summed E-state index contributed by atoms with van der Waals surface area (Å²) in [4.78, 5) is 11.5. The SMILES string of the molecule is CC(C)(C)OC(=O)NCCC1CCNCC1(C)C. The molecule has 0 aromatic heterocycles. The van der Waals surface area contributed by atoms with Gasteiger partial charge in [0.05, 0.1) is 0 Å². The fourth-order valence-corrected chi connectivity index (χ4v) is 2.42. The average molecular weight is 256 g/mol. The second-order valence-electron chi connectivity index (χ2n) is 6.87. The Hall–Kier alpha value is -0.770. The maximum atomic E-state index is 11.5. The lowest BCUT2D eigenvalue weighted by molar-refractivity contribution is 0.0515. The molecular formula is C14H28N2O2. The van der Waals surface area contributed by atoms with Gasteiger partial charge in [-0.1, -0.05) is 13.8 Å². The van der Waals surface area contributed by atoms with Crippen molar-refractivity contribution in [2.45, 2.75) is 53.1 Å². The van der Waals surface area contributed by atoms with E-state index in [-0.39, 0.29) is 6.09 Å². The lowest BCUT2D eigenvalue weighted by Crippen LogP contribution is -2.44. The minimum atomic E-state index is -0.419. The third-order valence-electron chi connectivity index (χ3n) is 3.52. The van der Waals surface area contributed by atoms with Gasteiger partial charge in [0, 0.05) is 13.1 Å². The molecule has 4 heteroatoms. The highest BCUT2D eigenvalue weighted by Gasteiger charge is 2.31. The molecule has 1 saturated heterocycles. The van der Waals surface area contributed by atoms with Crippen LogP contribution in [-0.4, -0.2) is 31.3 Å². The molecular weight excluding hydrogens is 228 g/mol. The second kappa shape index (κ2) is 5.91. The Morgan fingerprint density at radius 3 is 2.67 bits per heavy atom. The first kappa shape index (κ1) is 15.3. The Labute approximate surface area is 111 Å². The van der Waals surface area contributed by atoms with Crippen molar-refractivity contribution >= 4 is 6.09 Å². The van der Waals surface area contributed by atoms with E-state index in [4.69, 9.17) is 4.74 Å². The molecule has 2 N–H and O–H groups in total. The van der Waals surface area contributed by atoms with Gasteiger partial charge in [-0.25, -0.2) is 4.79 Å². The third kappa shape index (κ3) is 5.25. The van der Waals surface area contributed by atoms with Gasteiger partial charge in [-0.2, -0.15) is 0 Å². The fourth-order valence-electron chi connectivity index (χ4n) is 2.42. The Kier molecular flexibility index (Phi) is 5.02. The predicted octanol–water partition coefficient (Wildman–Crippen LogP) is 2.54. The molecule has 0 aromatic carbocycles. The maximum Gasteiger partial charge on any atom is 0.407 e. The van der Waals surface area contributed by atoms with Crippen molar-refractivity contribution in [3.05, 3.63) is 0 Å². The zero-order valence-electron chi connectivity index (χ0n) is 12.4. The summed E-state index contributed by atoms with van der Waals surface area (Å²) in [6.07, 6.45) is 1.89. The molecule has 18 heavy (non-hydrogen) atoms. The van der Waals surface area contributed by atoms with Crippen LogP contribution in [0, 0.1) is 11.3 Å². The number of hydrogen-bond donors (Lipinski definition) is 2. The zero-order valence-corrected chi connectivity index (χ0v) is 12.4. The molecule has 0 aliphatic carbocycles. The van der Waals surface area contributed by atoms with Crippen molar-refractivity contribution in [1.82, 2.24) is 10.6 Å². The first-order chi connectivity index (χ1) is 8.21. The molecule has 1 rings (SSSR count). The Bertz CT molecular complexity index is 282. The topological polar surface area (TPSA) is 50.4 Å². The molecule has 0 saturated carbocycles. The van der Waals surface area contributed by atoms with Gasteiger partial charge in [0.15, 0.2) is 0 Å². The van der Waals surface area contributed by atoms with Gasteiger partial charge < -0.3 is 15.4 Å². The number of alkyl carbamates (subject to hydrolysis) is 1. The Balaban J connectivity index is 2.27. The number of carbonyl (C=O) groups excluding carboxylic acids is 1. The summed E-state index contributed by atoms with van der Waals surface area (Å²) in [5.74, 6) is 0.661. The summed E-state index contributed by atoms with van der Waals surface area (Å²) in [5.41, 5.74) is -0.105. The van der Waals surface area contributed by atoms with Crippen molar-refractivity contribution in [3.63, 3.8) is 0 Å². The number of nitrogens with one attached hydrogen (secondary N) is 2. The van der Waals surface area contributed by atoms with Gasteiger partial charge in [-0.3, -0.25) is 0 Å². The van der Waals surface area contributed by atoms with E-state index in [9.17, 15) is 4.79 Å². The Morgan fingerprint density at radius 2 is 2.11 bits per heavy atom. The molecule has 1 aliphatic heterocycles. The van der Waals surface area contributed by atoms with E-state index in [2.05, 4.69) is 24.5 Å². The van der Waals surface area contributed by atoms with Crippen molar-refractivity contribution in [2.24, 2.45) is 11.3 Å². The number of ether oxygens (including phenoxy) is 1. The van der Waals surface area contributed by atoms with Crippen LogP contribution in [0.5, 0.6) is 0 Å². The Morgan fingerprint density at radius 1 is 1.44 bits per heavy atom. The number of rotatable bonds is 3. The molecule has 0 aromatic rings. The van der Waals surface area contributed by atoms with Gasteiger partial charge in [0.25, 0.3) is 0 Å². The quantitative estimate of drug-likeness (QED) is 0.816. The van der Waals surface area contributed by atoms with Crippen molar-refractivity contribution < 1.29 is 9.53 Å². The first-order valence-electron chi connectivity index (χ1n) is 6.88. The summed E-state index contributed by atoms with van der Waals surface area (Å²) in [5, 5.41) is 6.27. The van der Waals surface area contributed by atoms with Crippen LogP contribution in [0.25, 0.3) is 0 Å². The van der Waals surface area contributed by atoms with Crippen LogP contribution in [-0.2, 0) is 4.74 Å². The van der Waals surface area contributed by atoms with Crippen LogP contribution in [0.15, 0.2) is 0 Å². The highest BCUT2D eigenvalue weighted by molar-refractivity contribution is 5.67. The van der Waals surface area contributed by atoms with Gasteiger partial charge >= 0.3 is 6.09 Å². The zero-order chi connectivity index (χ0) is 13.8. The van der Waals surface area contributed by atoms with Gasteiger partial charge in [-0.15, -0.1) is 0 Å². The normalized spacial score (nSPS) is 23.5. The summed E-state index contributed by atoms with van der Waals surface area (Å²) < 4.78 is 5.22. The molecule has 1 unspecified atom stereocenters. The number of carbonyl (C=O) groups is 1. The lowest BCUT2D eigenvalue weighted by atomic mass is 9.73. The van der Waals surface area contributed by atoms with Gasteiger partial charge in [-0.05, 0) is 51.5 Å². The van der Waals surface area contributed by atoms with Crippen molar-refractivity contribution in [2.75, 3.05) is 19.6 Å². The molecule has 1 amide bonds.